The van der Waals surface area contributed by atoms with Crippen molar-refractivity contribution in [1.29, 1.82) is 0 Å². The first kappa shape index (κ1) is 12.1. The van der Waals surface area contributed by atoms with E-state index >= 15 is 0 Å². The summed E-state index contributed by atoms with van der Waals surface area (Å²) in [6, 6.07) is 0. The topological polar surface area (TPSA) is 52.3 Å². The Kier molecular flexibility index (Phi) is 3.50. The van der Waals surface area contributed by atoms with E-state index in [0.29, 0.717) is 17.4 Å². The molecule has 1 aromatic heterocycles. The molecular formula is C13H19NO3. The van der Waals surface area contributed by atoms with Crippen molar-refractivity contribution in [2.75, 3.05) is 0 Å². The number of nitrogens with zero attached hydrogens (tertiary/aromatic N) is 1. The maximum absolute atomic E-state index is 11.8. The van der Waals surface area contributed by atoms with Crippen LogP contribution in [0.5, 0.6) is 0 Å². The number of rotatable bonds is 2. The lowest BCUT2D eigenvalue weighted by Gasteiger charge is -2.31. The van der Waals surface area contributed by atoms with E-state index in [0.717, 1.165) is 25.2 Å². The third-order valence-electron chi connectivity index (χ3n) is 3.76. The van der Waals surface area contributed by atoms with Crippen LogP contribution >= 0.6 is 0 Å². The SMILES string of the molecule is Cc1ocnc1C(=O)O[C@@H]1CC[C@H](C)[C@H](C)C1. The third-order valence-corrected chi connectivity index (χ3v) is 3.76. The molecule has 1 aromatic rings. The first-order valence-corrected chi connectivity index (χ1v) is 6.19. The minimum atomic E-state index is -0.358. The molecule has 0 spiro atoms. The Morgan fingerprint density at radius 2 is 2.18 bits per heavy atom. The second-order valence-electron chi connectivity index (χ2n) is 5.05. The Morgan fingerprint density at radius 1 is 1.41 bits per heavy atom. The predicted octanol–water partition coefficient (Wildman–Crippen LogP) is 2.96. The van der Waals surface area contributed by atoms with Crippen molar-refractivity contribution in [3.8, 4) is 0 Å². The number of hydrogen-bond acceptors (Lipinski definition) is 4. The Morgan fingerprint density at radius 3 is 2.76 bits per heavy atom. The van der Waals surface area contributed by atoms with Crippen molar-refractivity contribution in [3.05, 3.63) is 17.8 Å². The van der Waals surface area contributed by atoms with Gasteiger partial charge in [0.2, 0.25) is 0 Å². The summed E-state index contributed by atoms with van der Waals surface area (Å²) < 4.78 is 10.5. The summed E-state index contributed by atoms with van der Waals surface area (Å²) in [6.45, 7) is 6.19. The van der Waals surface area contributed by atoms with Gasteiger partial charge in [0.15, 0.2) is 12.1 Å². The molecule has 0 bridgehead atoms. The third kappa shape index (κ3) is 2.68. The van der Waals surface area contributed by atoms with Gasteiger partial charge in [0.1, 0.15) is 11.9 Å². The number of carbonyl (C=O) groups is 1. The summed E-state index contributed by atoms with van der Waals surface area (Å²) >= 11 is 0. The van der Waals surface area contributed by atoms with E-state index in [-0.39, 0.29) is 12.1 Å². The number of esters is 1. The van der Waals surface area contributed by atoms with Crippen LogP contribution in [0, 0.1) is 18.8 Å². The minimum Gasteiger partial charge on any atom is -0.458 e. The molecule has 3 atom stereocenters. The van der Waals surface area contributed by atoms with Gasteiger partial charge >= 0.3 is 5.97 Å². The highest BCUT2D eigenvalue weighted by atomic mass is 16.5. The lowest BCUT2D eigenvalue weighted by Crippen LogP contribution is -2.29. The van der Waals surface area contributed by atoms with Crippen LogP contribution in [0.2, 0.25) is 0 Å². The second kappa shape index (κ2) is 4.90. The zero-order valence-corrected chi connectivity index (χ0v) is 10.6. The van der Waals surface area contributed by atoms with Crippen molar-refractivity contribution < 1.29 is 13.9 Å². The van der Waals surface area contributed by atoms with E-state index in [4.69, 9.17) is 9.15 Å². The van der Waals surface area contributed by atoms with Crippen LogP contribution in [-0.2, 0) is 4.74 Å². The molecule has 1 aliphatic carbocycles. The molecule has 0 radical (unpaired) electrons. The van der Waals surface area contributed by atoms with Gasteiger partial charge in [-0.2, -0.15) is 0 Å². The van der Waals surface area contributed by atoms with Crippen LogP contribution < -0.4 is 0 Å². The summed E-state index contributed by atoms with van der Waals surface area (Å²) in [5.41, 5.74) is 0.302. The van der Waals surface area contributed by atoms with Crippen molar-refractivity contribution in [3.63, 3.8) is 0 Å². The van der Waals surface area contributed by atoms with Crippen LogP contribution in [0.15, 0.2) is 10.8 Å². The van der Waals surface area contributed by atoms with E-state index in [1.54, 1.807) is 6.92 Å². The zero-order valence-electron chi connectivity index (χ0n) is 10.6. The summed E-state index contributed by atoms with van der Waals surface area (Å²) in [5, 5.41) is 0. The largest absolute Gasteiger partial charge is 0.458 e. The highest BCUT2D eigenvalue weighted by molar-refractivity contribution is 5.88. The molecule has 0 unspecified atom stereocenters. The number of aromatic nitrogens is 1. The average Bonchev–Trinajstić information content (AvgIpc) is 2.70. The van der Waals surface area contributed by atoms with Gasteiger partial charge in [-0.15, -0.1) is 0 Å². The molecule has 0 aromatic carbocycles. The molecule has 4 heteroatoms. The fourth-order valence-corrected chi connectivity index (χ4v) is 2.31. The molecule has 0 aliphatic heterocycles. The average molecular weight is 237 g/mol. The van der Waals surface area contributed by atoms with Crippen molar-refractivity contribution in [1.82, 2.24) is 4.98 Å². The standard InChI is InChI=1S/C13H19NO3/c1-8-4-5-11(6-9(8)2)17-13(15)12-10(3)16-7-14-12/h7-9,11H,4-6H2,1-3H3/t8-,9+,11+/m0/s1. The number of aryl methyl sites for hydroxylation is 1. The van der Waals surface area contributed by atoms with E-state index in [2.05, 4.69) is 18.8 Å². The predicted molar refractivity (Wildman–Crippen MR) is 62.6 cm³/mol. The van der Waals surface area contributed by atoms with Crippen molar-refractivity contribution in [2.45, 2.75) is 46.1 Å². The Bertz CT molecular complexity index is 399. The Labute approximate surface area is 101 Å². The first-order valence-electron chi connectivity index (χ1n) is 6.19. The summed E-state index contributed by atoms with van der Waals surface area (Å²) in [7, 11) is 0. The van der Waals surface area contributed by atoms with Crippen LogP contribution in [0.1, 0.15) is 49.4 Å². The molecular weight excluding hydrogens is 218 g/mol. The second-order valence-corrected chi connectivity index (χ2v) is 5.05. The normalized spacial score (nSPS) is 29.0. The summed E-state index contributed by atoms with van der Waals surface area (Å²) in [4.78, 5) is 15.7. The van der Waals surface area contributed by atoms with E-state index in [9.17, 15) is 4.79 Å². The molecule has 0 N–H and O–H groups in total. The molecule has 1 saturated carbocycles. The van der Waals surface area contributed by atoms with Gasteiger partial charge in [-0.3, -0.25) is 0 Å². The number of ether oxygens (including phenoxy) is 1. The van der Waals surface area contributed by atoms with Crippen molar-refractivity contribution >= 4 is 5.97 Å². The molecule has 1 aliphatic rings. The van der Waals surface area contributed by atoms with Crippen molar-refractivity contribution in [2.24, 2.45) is 11.8 Å². The van der Waals surface area contributed by atoms with Gasteiger partial charge in [0.25, 0.3) is 0 Å². The molecule has 4 nitrogen and oxygen atoms in total. The Hall–Kier alpha value is -1.32. The van der Waals surface area contributed by atoms with E-state index < -0.39 is 0 Å². The van der Waals surface area contributed by atoms with Crippen LogP contribution in [0.25, 0.3) is 0 Å². The molecule has 17 heavy (non-hydrogen) atoms. The maximum Gasteiger partial charge on any atom is 0.360 e. The molecule has 0 amide bonds. The van der Waals surface area contributed by atoms with Gasteiger partial charge in [-0.25, -0.2) is 9.78 Å². The first-order chi connectivity index (χ1) is 8.08. The van der Waals surface area contributed by atoms with Gasteiger partial charge in [-0.05, 0) is 38.0 Å². The smallest absolute Gasteiger partial charge is 0.360 e. The number of oxazole rings is 1. The lowest BCUT2D eigenvalue weighted by molar-refractivity contribution is 0.00808. The van der Waals surface area contributed by atoms with Crippen LogP contribution in [0.3, 0.4) is 0 Å². The van der Waals surface area contributed by atoms with Crippen LogP contribution in [-0.4, -0.2) is 17.1 Å². The number of hydrogen-bond donors (Lipinski definition) is 0. The maximum atomic E-state index is 11.8. The van der Waals surface area contributed by atoms with Gasteiger partial charge < -0.3 is 9.15 Å². The molecule has 2 rings (SSSR count). The quantitative estimate of drug-likeness (QED) is 0.742. The van der Waals surface area contributed by atoms with Crippen LogP contribution in [0.4, 0.5) is 0 Å². The minimum absolute atomic E-state index is 0.0322. The molecule has 94 valence electrons. The zero-order chi connectivity index (χ0) is 12.4. The van der Waals surface area contributed by atoms with Gasteiger partial charge in [-0.1, -0.05) is 13.8 Å². The summed E-state index contributed by atoms with van der Waals surface area (Å²) in [6.07, 6.45) is 4.33. The van der Waals surface area contributed by atoms with E-state index in [1.807, 2.05) is 0 Å². The van der Waals surface area contributed by atoms with Gasteiger partial charge in [0, 0.05) is 0 Å². The molecule has 1 fully saturated rings. The number of carbonyl (C=O) groups excluding carboxylic acids is 1. The fourth-order valence-electron chi connectivity index (χ4n) is 2.31. The highest BCUT2D eigenvalue weighted by Crippen LogP contribution is 2.31. The summed E-state index contributed by atoms with van der Waals surface area (Å²) in [5.74, 6) is 1.49. The lowest BCUT2D eigenvalue weighted by atomic mass is 9.80. The molecule has 1 heterocycles. The molecule has 0 saturated heterocycles. The van der Waals surface area contributed by atoms with Gasteiger partial charge in [0.05, 0.1) is 0 Å². The fraction of sp³-hybridized carbons (Fsp3) is 0.692. The Balaban J connectivity index is 1.94. The van der Waals surface area contributed by atoms with E-state index in [1.165, 1.54) is 6.39 Å². The monoisotopic (exact) mass is 237 g/mol. The highest BCUT2D eigenvalue weighted by Gasteiger charge is 2.28.